The summed E-state index contributed by atoms with van der Waals surface area (Å²) >= 11 is 0. The molecular formula is C8H15NO3. The molecule has 2 N–H and O–H groups in total. The summed E-state index contributed by atoms with van der Waals surface area (Å²) in [5.41, 5.74) is 5.64. The number of hydrogen-bond donors (Lipinski definition) is 1. The molecule has 12 heavy (non-hydrogen) atoms. The minimum absolute atomic E-state index is 0.0788. The summed E-state index contributed by atoms with van der Waals surface area (Å²) in [4.78, 5) is 10.4. The summed E-state index contributed by atoms with van der Waals surface area (Å²) in [6.07, 6.45) is 0.809. The summed E-state index contributed by atoms with van der Waals surface area (Å²) in [7, 11) is 0. The van der Waals surface area contributed by atoms with E-state index in [1.807, 2.05) is 0 Å². The van der Waals surface area contributed by atoms with Crippen molar-refractivity contribution in [2.75, 3.05) is 26.4 Å². The molecule has 70 valence electrons. The largest absolute Gasteiger partial charge is 0.466 e. The van der Waals surface area contributed by atoms with E-state index in [1.54, 1.807) is 0 Å². The van der Waals surface area contributed by atoms with Crippen LogP contribution in [0, 0.1) is 5.41 Å². The molecule has 0 aliphatic carbocycles. The van der Waals surface area contributed by atoms with E-state index in [0.29, 0.717) is 26.4 Å². The van der Waals surface area contributed by atoms with E-state index in [1.165, 1.54) is 6.92 Å². The van der Waals surface area contributed by atoms with Crippen LogP contribution in [0.3, 0.4) is 0 Å². The number of hydrogen-bond acceptors (Lipinski definition) is 4. The summed E-state index contributed by atoms with van der Waals surface area (Å²) in [6, 6.07) is 0. The number of rotatable bonds is 4. The summed E-state index contributed by atoms with van der Waals surface area (Å²) in [6.45, 7) is 3.87. The molecule has 1 aliphatic heterocycles. The zero-order valence-corrected chi connectivity index (χ0v) is 7.34. The highest BCUT2D eigenvalue weighted by Gasteiger charge is 2.36. The van der Waals surface area contributed by atoms with Crippen molar-refractivity contribution >= 4 is 5.97 Å². The van der Waals surface area contributed by atoms with Gasteiger partial charge in [0, 0.05) is 18.9 Å². The monoisotopic (exact) mass is 173 g/mol. The molecule has 0 spiro atoms. The highest BCUT2D eigenvalue weighted by molar-refractivity contribution is 5.65. The van der Waals surface area contributed by atoms with Crippen molar-refractivity contribution in [1.82, 2.24) is 0 Å². The lowest BCUT2D eigenvalue weighted by Gasteiger charge is -2.40. The smallest absolute Gasteiger partial charge is 0.302 e. The minimum atomic E-state index is -0.234. The van der Waals surface area contributed by atoms with E-state index in [2.05, 4.69) is 0 Å². The molecule has 4 nitrogen and oxygen atoms in total. The van der Waals surface area contributed by atoms with Crippen LogP contribution in [0.4, 0.5) is 0 Å². The lowest BCUT2D eigenvalue weighted by molar-refractivity contribution is -0.147. The molecule has 0 saturated carbocycles. The molecule has 1 heterocycles. The zero-order valence-electron chi connectivity index (χ0n) is 7.34. The van der Waals surface area contributed by atoms with Crippen LogP contribution in [0.25, 0.3) is 0 Å². The van der Waals surface area contributed by atoms with Crippen LogP contribution in [0.15, 0.2) is 0 Å². The SMILES string of the molecule is CC(=O)OCCC1(CN)COC1. The minimum Gasteiger partial charge on any atom is -0.466 e. The maximum Gasteiger partial charge on any atom is 0.302 e. The van der Waals surface area contributed by atoms with Gasteiger partial charge in [-0.3, -0.25) is 4.79 Å². The molecular weight excluding hydrogens is 158 g/mol. The second-order valence-corrected chi connectivity index (χ2v) is 3.29. The Kier molecular flexibility index (Phi) is 3.05. The number of carbonyl (C=O) groups is 1. The summed E-state index contributed by atoms with van der Waals surface area (Å²) < 4.78 is 9.89. The molecule has 0 atom stereocenters. The van der Waals surface area contributed by atoms with Crippen molar-refractivity contribution in [3.05, 3.63) is 0 Å². The Morgan fingerprint density at radius 1 is 1.67 bits per heavy atom. The number of nitrogens with two attached hydrogens (primary N) is 1. The van der Waals surface area contributed by atoms with Gasteiger partial charge in [-0.25, -0.2) is 0 Å². The predicted molar refractivity (Wildman–Crippen MR) is 43.6 cm³/mol. The van der Waals surface area contributed by atoms with Gasteiger partial charge in [-0.1, -0.05) is 0 Å². The number of ether oxygens (including phenoxy) is 2. The van der Waals surface area contributed by atoms with Gasteiger partial charge >= 0.3 is 5.97 Å². The van der Waals surface area contributed by atoms with Crippen LogP contribution < -0.4 is 5.73 Å². The predicted octanol–water partition coefficient (Wildman–Crippen LogP) is -0.0851. The average Bonchev–Trinajstić information content (AvgIpc) is 1.94. The fraction of sp³-hybridized carbons (Fsp3) is 0.875. The number of esters is 1. The molecule has 0 unspecified atom stereocenters. The second kappa shape index (κ2) is 3.87. The standard InChI is InChI=1S/C8H15NO3/c1-7(10)12-3-2-8(4-9)5-11-6-8/h2-6,9H2,1H3. The third-order valence-corrected chi connectivity index (χ3v) is 2.19. The lowest BCUT2D eigenvalue weighted by atomic mass is 9.83. The van der Waals surface area contributed by atoms with Gasteiger partial charge in [-0.05, 0) is 6.42 Å². The van der Waals surface area contributed by atoms with Gasteiger partial charge in [-0.15, -0.1) is 0 Å². The van der Waals surface area contributed by atoms with Crippen LogP contribution in [-0.2, 0) is 14.3 Å². The molecule has 1 fully saturated rings. The van der Waals surface area contributed by atoms with Crippen LogP contribution in [0.5, 0.6) is 0 Å². The van der Waals surface area contributed by atoms with Crippen LogP contribution in [0.2, 0.25) is 0 Å². The van der Waals surface area contributed by atoms with Crippen LogP contribution in [-0.4, -0.2) is 32.3 Å². The average molecular weight is 173 g/mol. The molecule has 0 aromatic heterocycles. The van der Waals surface area contributed by atoms with Crippen LogP contribution in [0.1, 0.15) is 13.3 Å². The fourth-order valence-corrected chi connectivity index (χ4v) is 1.17. The Balaban J connectivity index is 2.16. The second-order valence-electron chi connectivity index (χ2n) is 3.29. The van der Waals surface area contributed by atoms with Crippen LogP contribution >= 0.6 is 0 Å². The van der Waals surface area contributed by atoms with Crippen molar-refractivity contribution in [2.45, 2.75) is 13.3 Å². The van der Waals surface area contributed by atoms with Crippen molar-refractivity contribution in [3.8, 4) is 0 Å². The first-order valence-corrected chi connectivity index (χ1v) is 4.10. The van der Waals surface area contributed by atoms with E-state index in [0.717, 1.165) is 6.42 Å². The maximum absolute atomic E-state index is 10.4. The molecule has 1 saturated heterocycles. The summed E-state index contributed by atoms with van der Waals surface area (Å²) in [5, 5.41) is 0. The highest BCUT2D eigenvalue weighted by atomic mass is 16.5. The van der Waals surface area contributed by atoms with Gasteiger partial charge < -0.3 is 15.2 Å². The highest BCUT2D eigenvalue weighted by Crippen LogP contribution is 2.29. The van der Waals surface area contributed by atoms with Crippen molar-refractivity contribution in [2.24, 2.45) is 11.1 Å². The van der Waals surface area contributed by atoms with Gasteiger partial charge in [0.1, 0.15) is 0 Å². The molecule has 4 heteroatoms. The molecule has 0 radical (unpaired) electrons. The van der Waals surface area contributed by atoms with E-state index in [9.17, 15) is 4.79 Å². The molecule has 0 amide bonds. The van der Waals surface area contributed by atoms with Gasteiger partial charge in [0.2, 0.25) is 0 Å². The Bertz CT molecular complexity index is 160. The maximum atomic E-state index is 10.4. The quantitative estimate of drug-likeness (QED) is 0.604. The van der Waals surface area contributed by atoms with E-state index in [-0.39, 0.29) is 11.4 Å². The Labute approximate surface area is 72.0 Å². The molecule has 0 aromatic rings. The lowest BCUT2D eigenvalue weighted by Crippen LogP contribution is -2.48. The molecule has 1 rings (SSSR count). The van der Waals surface area contributed by atoms with Gasteiger partial charge in [-0.2, -0.15) is 0 Å². The van der Waals surface area contributed by atoms with E-state index in [4.69, 9.17) is 15.2 Å². The topological polar surface area (TPSA) is 61.5 Å². The molecule has 0 bridgehead atoms. The Morgan fingerprint density at radius 3 is 2.67 bits per heavy atom. The first-order chi connectivity index (χ1) is 5.68. The van der Waals surface area contributed by atoms with E-state index >= 15 is 0 Å². The first kappa shape index (κ1) is 9.48. The Morgan fingerprint density at radius 2 is 2.33 bits per heavy atom. The van der Waals surface area contributed by atoms with E-state index < -0.39 is 0 Å². The summed E-state index contributed by atoms with van der Waals surface area (Å²) in [5.74, 6) is -0.234. The third kappa shape index (κ3) is 2.19. The fourth-order valence-electron chi connectivity index (χ4n) is 1.17. The normalized spacial score (nSPS) is 19.8. The van der Waals surface area contributed by atoms with Gasteiger partial charge in [0.25, 0.3) is 0 Å². The Hall–Kier alpha value is -0.610. The third-order valence-electron chi connectivity index (χ3n) is 2.19. The first-order valence-electron chi connectivity index (χ1n) is 4.10. The number of carbonyl (C=O) groups excluding carboxylic acids is 1. The molecule has 0 aromatic carbocycles. The van der Waals surface area contributed by atoms with Gasteiger partial charge in [0.05, 0.1) is 19.8 Å². The van der Waals surface area contributed by atoms with Crippen molar-refractivity contribution < 1.29 is 14.3 Å². The zero-order chi connectivity index (χ0) is 9.03. The molecule has 1 aliphatic rings. The van der Waals surface area contributed by atoms with Crippen molar-refractivity contribution in [1.29, 1.82) is 0 Å². The van der Waals surface area contributed by atoms with Crippen molar-refractivity contribution in [3.63, 3.8) is 0 Å². The van der Waals surface area contributed by atoms with Gasteiger partial charge in [0.15, 0.2) is 0 Å².